The van der Waals surface area contributed by atoms with Crippen molar-refractivity contribution in [1.29, 1.82) is 0 Å². The van der Waals surface area contributed by atoms with Crippen molar-refractivity contribution in [2.75, 3.05) is 5.32 Å². The topological polar surface area (TPSA) is 69.6 Å². The monoisotopic (exact) mass is 273 g/mol. The van der Waals surface area contributed by atoms with Crippen LogP contribution in [-0.4, -0.2) is 22.2 Å². The third-order valence-corrected chi connectivity index (χ3v) is 3.23. The zero-order chi connectivity index (χ0) is 14.7. The summed E-state index contributed by atoms with van der Waals surface area (Å²) < 4.78 is 0. The van der Waals surface area contributed by atoms with Crippen molar-refractivity contribution >= 4 is 22.4 Å². The van der Waals surface area contributed by atoms with E-state index in [0.717, 1.165) is 10.8 Å². The molecule has 20 heavy (non-hydrogen) atoms. The summed E-state index contributed by atoms with van der Waals surface area (Å²) in [6.45, 7) is 3.95. The Hall–Kier alpha value is -2.23. The molecule has 0 fully saturated rings. The highest BCUT2D eigenvalue weighted by Gasteiger charge is 2.20. The van der Waals surface area contributed by atoms with E-state index in [2.05, 4.69) is 5.32 Å². The van der Waals surface area contributed by atoms with E-state index in [1.54, 1.807) is 6.07 Å². The van der Waals surface area contributed by atoms with Gasteiger partial charge in [-0.25, -0.2) is 4.79 Å². The van der Waals surface area contributed by atoms with E-state index >= 15 is 0 Å². The van der Waals surface area contributed by atoms with Crippen molar-refractivity contribution in [1.82, 2.24) is 0 Å². The van der Waals surface area contributed by atoms with Gasteiger partial charge in [-0.2, -0.15) is 0 Å². The first kappa shape index (κ1) is 14.2. The van der Waals surface area contributed by atoms with Crippen LogP contribution in [0.15, 0.2) is 36.4 Å². The van der Waals surface area contributed by atoms with Crippen LogP contribution in [0.4, 0.5) is 5.69 Å². The van der Waals surface area contributed by atoms with Crippen LogP contribution in [-0.2, 0) is 4.79 Å². The molecule has 0 aliphatic heterocycles. The molecule has 0 aliphatic carbocycles. The molecule has 2 aromatic rings. The van der Waals surface area contributed by atoms with E-state index in [1.807, 2.05) is 44.2 Å². The lowest BCUT2D eigenvalue weighted by Crippen LogP contribution is -2.30. The molecule has 4 nitrogen and oxygen atoms in total. The van der Waals surface area contributed by atoms with Crippen LogP contribution in [0.5, 0.6) is 5.75 Å². The first-order valence-corrected chi connectivity index (χ1v) is 6.69. The number of fused-ring (bicyclic) bond motifs is 1. The second-order valence-electron chi connectivity index (χ2n) is 5.35. The fourth-order valence-electron chi connectivity index (χ4n) is 2.28. The lowest BCUT2D eigenvalue weighted by molar-refractivity contribution is -0.138. The maximum absolute atomic E-state index is 11.3. The third-order valence-electron chi connectivity index (χ3n) is 3.23. The SMILES string of the molecule is CC(C)C[C@@H](Nc1c(O)ccc2ccccc12)C(=O)O. The fourth-order valence-corrected chi connectivity index (χ4v) is 2.28. The van der Waals surface area contributed by atoms with E-state index < -0.39 is 12.0 Å². The molecule has 3 N–H and O–H groups in total. The van der Waals surface area contributed by atoms with Gasteiger partial charge in [-0.15, -0.1) is 0 Å². The predicted octanol–water partition coefficient (Wildman–Crippen LogP) is 3.46. The molecule has 0 heterocycles. The number of benzene rings is 2. The Kier molecular flexibility index (Phi) is 4.13. The Morgan fingerprint density at radius 2 is 1.90 bits per heavy atom. The van der Waals surface area contributed by atoms with Crippen LogP contribution in [0.3, 0.4) is 0 Å². The lowest BCUT2D eigenvalue weighted by Gasteiger charge is -2.19. The van der Waals surface area contributed by atoms with Gasteiger partial charge in [-0.3, -0.25) is 0 Å². The molecule has 0 amide bonds. The number of carboxylic acid groups (broad SMARTS) is 1. The number of anilines is 1. The number of phenols is 1. The predicted molar refractivity (Wildman–Crippen MR) is 80.1 cm³/mol. The van der Waals surface area contributed by atoms with Crippen molar-refractivity contribution in [3.8, 4) is 5.75 Å². The molecule has 106 valence electrons. The van der Waals surface area contributed by atoms with Crippen molar-refractivity contribution in [3.05, 3.63) is 36.4 Å². The first-order valence-electron chi connectivity index (χ1n) is 6.69. The van der Waals surface area contributed by atoms with Gasteiger partial charge in [0.05, 0.1) is 5.69 Å². The summed E-state index contributed by atoms with van der Waals surface area (Å²) in [5, 5.41) is 24.1. The molecule has 0 aliphatic rings. The summed E-state index contributed by atoms with van der Waals surface area (Å²) in [5.41, 5.74) is 0.483. The second-order valence-corrected chi connectivity index (χ2v) is 5.35. The highest BCUT2D eigenvalue weighted by atomic mass is 16.4. The molecule has 0 aromatic heterocycles. The first-order chi connectivity index (χ1) is 9.49. The quantitative estimate of drug-likeness (QED) is 0.730. The summed E-state index contributed by atoms with van der Waals surface area (Å²) in [7, 11) is 0. The summed E-state index contributed by atoms with van der Waals surface area (Å²) >= 11 is 0. The van der Waals surface area contributed by atoms with Crippen molar-refractivity contribution in [3.63, 3.8) is 0 Å². The Balaban J connectivity index is 2.41. The molecule has 1 atom stereocenters. The molecule has 2 rings (SSSR count). The summed E-state index contributed by atoms with van der Waals surface area (Å²) in [6, 6.07) is 10.3. The van der Waals surface area contributed by atoms with Gasteiger partial charge in [-0.1, -0.05) is 44.2 Å². The number of rotatable bonds is 5. The molecule has 0 radical (unpaired) electrons. The number of hydrogen-bond donors (Lipinski definition) is 3. The van der Waals surface area contributed by atoms with Crippen molar-refractivity contribution < 1.29 is 15.0 Å². The Bertz CT molecular complexity index is 622. The minimum atomic E-state index is -0.911. The molecule has 0 saturated carbocycles. The van der Waals surface area contributed by atoms with Crippen LogP contribution in [0.2, 0.25) is 0 Å². The highest BCUT2D eigenvalue weighted by Crippen LogP contribution is 2.33. The van der Waals surface area contributed by atoms with Crippen molar-refractivity contribution in [2.24, 2.45) is 5.92 Å². The third kappa shape index (κ3) is 3.02. The zero-order valence-electron chi connectivity index (χ0n) is 11.6. The molecular formula is C16H19NO3. The molecular weight excluding hydrogens is 254 g/mol. The largest absolute Gasteiger partial charge is 0.506 e. The van der Waals surface area contributed by atoms with E-state index in [1.165, 1.54) is 0 Å². The number of aromatic hydroxyl groups is 1. The highest BCUT2D eigenvalue weighted by molar-refractivity contribution is 5.98. The number of nitrogens with one attached hydrogen (secondary N) is 1. The van der Waals surface area contributed by atoms with Crippen LogP contribution in [0, 0.1) is 5.92 Å². The van der Waals surface area contributed by atoms with Gasteiger partial charge in [0.1, 0.15) is 11.8 Å². The van der Waals surface area contributed by atoms with Gasteiger partial charge >= 0.3 is 5.97 Å². The molecule has 0 bridgehead atoms. The fraction of sp³-hybridized carbons (Fsp3) is 0.312. The number of phenolic OH excluding ortho intramolecular Hbond substituents is 1. The van der Waals surface area contributed by atoms with E-state index in [9.17, 15) is 15.0 Å². The van der Waals surface area contributed by atoms with Crippen LogP contribution in [0.1, 0.15) is 20.3 Å². The van der Waals surface area contributed by atoms with E-state index in [4.69, 9.17) is 0 Å². The smallest absolute Gasteiger partial charge is 0.326 e. The average Bonchev–Trinajstić information content (AvgIpc) is 2.40. The van der Waals surface area contributed by atoms with Gasteiger partial charge < -0.3 is 15.5 Å². The molecule has 4 heteroatoms. The standard InChI is InChI=1S/C16H19NO3/c1-10(2)9-13(16(19)20)17-15-12-6-4-3-5-11(12)7-8-14(15)18/h3-8,10,13,17-18H,9H2,1-2H3,(H,19,20)/t13-/m1/s1. The summed E-state index contributed by atoms with van der Waals surface area (Å²) in [6.07, 6.45) is 0.498. The average molecular weight is 273 g/mol. The minimum Gasteiger partial charge on any atom is -0.506 e. The summed E-state index contributed by atoms with van der Waals surface area (Å²) in [5.74, 6) is -0.592. The number of carboxylic acids is 1. The van der Waals surface area contributed by atoms with Gasteiger partial charge in [0.15, 0.2) is 0 Å². The number of hydrogen-bond acceptors (Lipinski definition) is 3. The Labute approximate surface area is 118 Å². The summed E-state index contributed by atoms with van der Waals surface area (Å²) in [4.78, 5) is 11.3. The van der Waals surface area contributed by atoms with Crippen LogP contribution < -0.4 is 5.32 Å². The van der Waals surface area contributed by atoms with Crippen LogP contribution >= 0.6 is 0 Å². The molecule has 0 spiro atoms. The maximum Gasteiger partial charge on any atom is 0.326 e. The van der Waals surface area contributed by atoms with Gasteiger partial charge in [-0.05, 0) is 23.8 Å². The van der Waals surface area contributed by atoms with Gasteiger partial charge in [0.2, 0.25) is 0 Å². The van der Waals surface area contributed by atoms with Gasteiger partial charge in [0, 0.05) is 5.39 Å². The zero-order valence-corrected chi connectivity index (χ0v) is 11.6. The van der Waals surface area contributed by atoms with Crippen LogP contribution in [0.25, 0.3) is 10.8 Å². The molecule has 0 saturated heterocycles. The maximum atomic E-state index is 11.3. The molecule has 0 unspecified atom stereocenters. The van der Waals surface area contributed by atoms with Gasteiger partial charge in [0.25, 0.3) is 0 Å². The molecule has 2 aromatic carbocycles. The second kappa shape index (κ2) is 5.82. The van der Waals surface area contributed by atoms with Crippen molar-refractivity contribution in [2.45, 2.75) is 26.3 Å². The minimum absolute atomic E-state index is 0.0682. The number of carbonyl (C=O) groups is 1. The van der Waals surface area contributed by atoms with E-state index in [0.29, 0.717) is 12.1 Å². The Morgan fingerprint density at radius 3 is 2.55 bits per heavy atom. The number of aliphatic carboxylic acids is 1. The van der Waals surface area contributed by atoms with E-state index in [-0.39, 0.29) is 11.7 Å². The normalized spacial score (nSPS) is 12.6. The Morgan fingerprint density at radius 1 is 1.20 bits per heavy atom. The lowest BCUT2D eigenvalue weighted by atomic mass is 10.0.